The summed E-state index contributed by atoms with van der Waals surface area (Å²) < 4.78 is 0. The van der Waals surface area contributed by atoms with Crippen molar-refractivity contribution in [1.82, 2.24) is 4.90 Å². The summed E-state index contributed by atoms with van der Waals surface area (Å²) in [7, 11) is 0. The Hall–Kier alpha value is -1.66. The van der Waals surface area contributed by atoms with E-state index in [1.165, 1.54) is 18.2 Å². The third-order valence-electron chi connectivity index (χ3n) is 3.87. The minimum atomic E-state index is -0.527. The number of amides is 1. The van der Waals surface area contributed by atoms with Crippen LogP contribution in [-0.4, -0.2) is 35.4 Å². The first kappa shape index (κ1) is 15.7. The molecular formula is C14H18ClN3O3. The minimum Gasteiger partial charge on any atom is -0.339 e. The van der Waals surface area contributed by atoms with Gasteiger partial charge in [0.1, 0.15) is 0 Å². The second-order valence-electron chi connectivity index (χ2n) is 5.23. The van der Waals surface area contributed by atoms with Crippen LogP contribution in [0.2, 0.25) is 5.02 Å². The number of halogens is 1. The number of nitro groups is 1. The van der Waals surface area contributed by atoms with Gasteiger partial charge in [0.15, 0.2) is 0 Å². The van der Waals surface area contributed by atoms with Gasteiger partial charge < -0.3 is 10.6 Å². The second kappa shape index (κ2) is 6.87. The number of benzene rings is 1. The van der Waals surface area contributed by atoms with Crippen molar-refractivity contribution in [3.8, 4) is 0 Å². The van der Waals surface area contributed by atoms with Gasteiger partial charge in [-0.05, 0) is 37.8 Å². The first-order valence-corrected chi connectivity index (χ1v) is 7.34. The zero-order valence-electron chi connectivity index (χ0n) is 11.6. The molecule has 21 heavy (non-hydrogen) atoms. The van der Waals surface area contributed by atoms with Gasteiger partial charge in [-0.25, -0.2) is 0 Å². The predicted octanol–water partition coefficient (Wildman–Crippen LogP) is 2.45. The molecule has 2 rings (SSSR count). The molecular weight excluding hydrogens is 294 g/mol. The van der Waals surface area contributed by atoms with E-state index in [1.807, 2.05) is 0 Å². The second-order valence-corrected chi connectivity index (χ2v) is 5.64. The summed E-state index contributed by atoms with van der Waals surface area (Å²) in [5.41, 5.74) is 5.62. The lowest BCUT2D eigenvalue weighted by Crippen LogP contribution is -2.39. The first-order chi connectivity index (χ1) is 10.0. The summed E-state index contributed by atoms with van der Waals surface area (Å²) >= 11 is 6.01. The number of piperidine rings is 1. The summed E-state index contributed by atoms with van der Waals surface area (Å²) in [6.07, 6.45) is 2.80. The van der Waals surface area contributed by atoms with Crippen molar-refractivity contribution in [3.05, 3.63) is 38.9 Å². The Morgan fingerprint density at radius 3 is 2.67 bits per heavy atom. The largest absolute Gasteiger partial charge is 0.339 e. The topological polar surface area (TPSA) is 89.5 Å². The maximum atomic E-state index is 12.5. The number of nitrogens with two attached hydrogens (primary N) is 1. The van der Waals surface area contributed by atoms with Gasteiger partial charge >= 0.3 is 0 Å². The van der Waals surface area contributed by atoms with Gasteiger partial charge in [-0.2, -0.15) is 0 Å². The van der Waals surface area contributed by atoms with Crippen molar-refractivity contribution in [1.29, 1.82) is 0 Å². The Bertz CT molecular complexity index is 542. The quantitative estimate of drug-likeness (QED) is 0.683. The van der Waals surface area contributed by atoms with E-state index in [0.717, 1.165) is 19.3 Å². The third kappa shape index (κ3) is 3.71. The molecule has 0 bridgehead atoms. The van der Waals surface area contributed by atoms with Gasteiger partial charge in [-0.15, -0.1) is 0 Å². The number of carbonyl (C=O) groups excluding carboxylic acids is 1. The Kier molecular flexibility index (Phi) is 5.14. The average Bonchev–Trinajstić information content (AvgIpc) is 2.48. The lowest BCUT2D eigenvalue weighted by Gasteiger charge is -2.32. The summed E-state index contributed by atoms with van der Waals surface area (Å²) in [6, 6.07) is 3.94. The number of likely N-dealkylation sites (tertiary alicyclic amines) is 1. The van der Waals surface area contributed by atoms with Crippen molar-refractivity contribution in [2.75, 3.05) is 19.6 Å². The maximum Gasteiger partial charge on any atom is 0.270 e. The Morgan fingerprint density at radius 2 is 2.10 bits per heavy atom. The van der Waals surface area contributed by atoms with E-state index < -0.39 is 4.92 Å². The molecule has 6 nitrogen and oxygen atoms in total. The standard InChI is InChI=1S/C14H18ClN3O3/c15-13-2-1-11(18(20)21)9-12(13)14(19)17-7-4-10(3-6-16)5-8-17/h1-2,9-10H,3-8,16H2. The molecule has 1 saturated heterocycles. The number of nitrogens with zero attached hydrogens (tertiary/aromatic N) is 2. The number of rotatable bonds is 4. The molecule has 2 N–H and O–H groups in total. The van der Waals surface area contributed by atoms with E-state index in [-0.39, 0.29) is 22.2 Å². The molecule has 0 atom stereocenters. The Labute approximate surface area is 128 Å². The molecule has 0 unspecified atom stereocenters. The summed E-state index contributed by atoms with van der Waals surface area (Å²) in [5.74, 6) is 0.314. The summed E-state index contributed by atoms with van der Waals surface area (Å²) in [5, 5.41) is 11.0. The molecule has 1 amide bonds. The number of hydrogen-bond acceptors (Lipinski definition) is 4. The molecule has 0 aliphatic carbocycles. The zero-order chi connectivity index (χ0) is 15.4. The predicted molar refractivity (Wildman–Crippen MR) is 80.4 cm³/mol. The van der Waals surface area contributed by atoms with Crippen LogP contribution >= 0.6 is 11.6 Å². The van der Waals surface area contributed by atoms with Crippen molar-refractivity contribution >= 4 is 23.2 Å². The SMILES string of the molecule is NCCC1CCN(C(=O)c2cc([N+](=O)[O-])ccc2Cl)CC1. The molecule has 1 aliphatic heterocycles. The average molecular weight is 312 g/mol. The zero-order valence-corrected chi connectivity index (χ0v) is 12.4. The molecule has 0 saturated carbocycles. The third-order valence-corrected chi connectivity index (χ3v) is 4.20. The van der Waals surface area contributed by atoms with Crippen LogP contribution in [0.5, 0.6) is 0 Å². The number of hydrogen-bond donors (Lipinski definition) is 1. The van der Waals surface area contributed by atoms with Crippen LogP contribution in [0, 0.1) is 16.0 Å². The lowest BCUT2D eigenvalue weighted by molar-refractivity contribution is -0.384. The molecule has 7 heteroatoms. The summed E-state index contributed by atoms with van der Waals surface area (Å²) in [6.45, 7) is 1.94. The van der Waals surface area contributed by atoms with Crippen LogP contribution in [0.1, 0.15) is 29.6 Å². The number of nitro benzene ring substituents is 1. The molecule has 0 spiro atoms. The highest BCUT2D eigenvalue weighted by Crippen LogP contribution is 2.26. The van der Waals surface area contributed by atoms with Gasteiger partial charge in [-0.3, -0.25) is 14.9 Å². The highest BCUT2D eigenvalue weighted by Gasteiger charge is 2.25. The van der Waals surface area contributed by atoms with Gasteiger partial charge in [-0.1, -0.05) is 11.6 Å². The molecule has 0 radical (unpaired) electrons. The van der Waals surface area contributed by atoms with Crippen molar-refractivity contribution in [3.63, 3.8) is 0 Å². The van der Waals surface area contributed by atoms with Crippen molar-refractivity contribution in [2.24, 2.45) is 11.7 Å². The molecule has 1 fully saturated rings. The Balaban J connectivity index is 2.10. The highest BCUT2D eigenvalue weighted by molar-refractivity contribution is 6.33. The molecule has 0 aromatic heterocycles. The highest BCUT2D eigenvalue weighted by atomic mass is 35.5. The van der Waals surface area contributed by atoms with E-state index >= 15 is 0 Å². The smallest absolute Gasteiger partial charge is 0.270 e. The van der Waals surface area contributed by atoms with Gasteiger partial charge in [0.05, 0.1) is 15.5 Å². The van der Waals surface area contributed by atoms with E-state index in [2.05, 4.69) is 0 Å². The van der Waals surface area contributed by atoms with Gasteiger partial charge in [0, 0.05) is 25.2 Å². The fourth-order valence-corrected chi connectivity index (χ4v) is 2.82. The van der Waals surface area contributed by atoms with Crippen molar-refractivity contribution in [2.45, 2.75) is 19.3 Å². The summed E-state index contributed by atoms with van der Waals surface area (Å²) in [4.78, 5) is 24.4. The van der Waals surface area contributed by atoms with Crippen LogP contribution in [0.4, 0.5) is 5.69 Å². The van der Waals surface area contributed by atoms with Crippen LogP contribution < -0.4 is 5.73 Å². The van der Waals surface area contributed by atoms with E-state index in [1.54, 1.807) is 4.90 Å². The fraction of sp³-hybridized carbons (Fsp3) is 0.500. The van der Waals surface area contributed by atoms with Gasteiger partial charge in [0.25, 0.3) is 11.6 Å². The lowest BCUT2D eigenvalue weighted by atomic mass is 9.93. The van der Waals surface area contributed by atoms with E-state index in [4.69, 9.17) is 17.3 Å². The molecule has 1 heterocycles. The maximum absolute atomic E-state index is 12.5. The monoisotopic (exact) mass is 311 g/mol. The van der Waals surface area contributed by atoms with Crippen LogP contribution in [0.25, 0.3) is 0 Å². The Morgan fingerprint density at radius 1 is 1.43 bits per heavy atom. The molecule has 114 valence electrons. The number of non-ortho nitro benzene ring substituents is 1. The van der Waals surface area contributed by atoms with Crippen molar-refractivity contribution < 1.29 is 9.72 Å². The van der Waals surface area contributed by atoms with Crippen LogP contribution in [-0.2, 0) is 0 Å². The number of carbonyl (C=O) groups is 1. The molecule has 1 aliphatic rings. The molecule has 1 aromatic rings. The van der Waals surface area contributed by atoms with E-state index in [9.17, 15) is 14.9 Å². The van der Waals surface area contributed by atoms with Gasteiger partial charge in [0.2, 0.25) is 0 Å². The normalized spacial score (nSPS) is 16.0. The van der Waals surface area contributed by atoms with Crippen LogP contribution in [0.15, 0.2) is 18.2 Å². The van der Waals surface area contributed by atoms with Crippen LogP contribution in [0.3, 0.4) is 0 Å². The first-order valence-electron chi connectivity index (χ1n) is 6.96. The molecule has 1 aromatic carbocycles. The minimum absolute atomic E-state index is 0.124. The van der Waals surface area contributed by atoms with E-state index in [0.29, 0.717) is 25.6 Å². The fourth-order valence-electron chi connectivity index (χ4n) is 2.62.